The summed E-state index contributed by atoms with van der Waals surface area (Å²) in [5.41, 5.74) is -4.60. The van der Waals surface area contributed by atoms with Crippen LogP contribution in [-0.2, 0) is 42.9 Å². The van der Waals surface area contributed by atoms with Crippen molar-refractivity contribution < 1.29 is 53.1 Å². The average molecular weight is 613 g/mol. The normalized spacial score (nSPS) is 40.8. The molecule has 11 atom stereocenters. The third-order valence-corrected chi connectivity index (χ3v) is 9.57. The van der Waals surface area contributed by atoms with Crippen LogP contribution in [0, 0.1) is 23.7 Å². The lowest BCUT2D eigenvalue weighted by molar-refractivity contribution is -0.243. The molecular formula is C32H52O11. The molecule has 2 bridgehead atoms. The van der Waals surface area contributed by atoms with Crippen molar-refractivity contribution in [3.05, 3.63) is 0 Å². The van der Waals surface area contributed by atoms with Gasteiger partial charge in [0, 0.05) is 50.9 Å². The number of hydrogen-bond donors (Lipinski definition) is 2. The number of rotatable bonds is 9. The van der Waals surface area contributed by atoms with E-state index in [1.807, 2.05) is 27.7 Å². The first kappa shape index (κ1) is 35.2. The maximum atomic E-state index is 13.0. The van der Waals surface area contributed by atoms with Crippen LogP contribution in [0.1, 0.15) is 107 Å². The summed E-state index contributed by atoms with van der Waals surface area (Å²) < 4.78 is 30.3. The predicted molar refractivity (Wildman–Crippen MR) is 154 cm³/mol. The molecule has 11 nitrogen and oxygen atoms in total. The molecule has 2 N–H and O–H groups in total. The zero-order valence-electron chi connectivity index (χ0n) is 27.2. The van der Waals surface area contributed by atoms with Crippen LogP contribution in [0.25, 0.3) is 0 Å². The summed E-state index contributed by atoms with van der Waals surface area (Å²) in [6.45, 7) is 15.1. The van der Waals surface area contributed by atoms with Gasteiger partial charge in [0.1, 0.15) is 35.1 Å². The Hall–Kier alpha value is -2.24. The molecule has 2 saturated heterocycles. The first-order chi connectivity index (χ1) is 19.9. The van der Waals surface area contributed by atoms with E-state index >= 15 is 0 Å². The molecule has 0 aromatic rings. The molecule has 11 unspecified atom stereocenters. The molecule has 246 valence electrons. The molecule has 3 aliphatic rings. The van der Waals surface area contributed by atoms with E-state index < -0.39 is 89.0 Å². The number of carbonyl (C=O) groups is 4. The molecule has 2 heterocycles. The summed E-state index contributed by atoms with van der Waals surface area (Å²) in [4.78, 5) is 50.4. The number of esters is 4. The van der Waals surface area contributed by atoms with Gasteiger partial charge in [-0.25, -0.2) is 0 Å². The lowest BCUT2D eigenvalue weighted by atomic mass is 9.55. The van der Waals surface area contributed by atoms with Crippen molar-refractivity contribution in [2.75, 3.05) is 0 Å². The van der Waals surface area contributed by atoms with Gasteiger partial charge in [0.15, 0.2) is 6.10 Å². The van der Waals surface area contributed by atoms with Crippen LogP contribution in [0.2, 0.25) is 0 Å². The third kappa shape index (κ3) is 7.36. The van der Waals surface area contributed by atoms with E-state index in [-0.39, 0.29) is 38.0 Å². The molecule has 0 aromatic heterocycles. The second-order valence-corrected chi connectivity index (χ2v) is 13.7. The van der Waals surface area contributed by atoms with Crippen molar-refractivity contribution in [2.45, 2.75) is 155 Å². The van der Waals surface area contributed by atoms with Gasteiger partial charge in [-0.15, -0.1) is 0 Å². The van der Waals surface area contributed by atoms with E-state index in [1.165, 1.54) is 13.8 Å². The standard InChI is InChI=1S/C32H52O11/c1-10-12-22(35)42-29-27(40-19(6)34)24(17(3)4)25-26(32(29,9)38)20-16-30(7,37)21(39-18(5)33)14-15-31(8,28(25)41-20)43-23(36)13-11-2/h17,20-21,24-29,37-38H,10-16H2,1-9H3. The number of hydrogen-bond acceptors (Lipinski definition) is 11. The van der Waals surface area contributed by atoms with Gasteiger partial charge in [0.05, 0.1) is 6.10 Å². The fraction of sp³-hybridized carbons (Fsp3) is 0.875. The molecule has 43 heavy (non-hydrogen) atoms. The summed E-state index contributed by atoms with van der Waals surface area (Å²) in [6.07, 6.45) is -2.98. The van der Waals surface area contributed by atoms with Crippen LogP contribution in [0.15, 0.2) is 0 Å². The maximum absolute atomic E-state index is 13.0. The molecule has 0 aromatic carbocycles. The first-order valence-electron chi connectivity index (χ1n) is 15.8. The Bertz CT molecular complexity index is 1040. The summed E-state index contributed by atoms with van der Waals surface area (Å²) >= 11 is 0. The number of carbonyl (C=O) groups excluding carboxylic acids is 4. The summed E-state index contributed by atoms with van der Waals surface area (Å²) in [6, 6.07) is 0. The molecule has 3 rings (SSSR count). The fourth-order valence-corrected chi connectivity index (χ4v) is 7.84. The lowest BCUT2D eigenvalue weighted by Crippen LogP contribution is -2.68. The topological polar surface area (TPSA) is 155 Å². The van der Waals surface area contributed by atoms with E-state index in [2.05, 4.69) is 0 Å². The van der Waals surface area contributed by atoms with Gasteiger partial charge >= 0.3 is 23.9 Å². The van der Waals surface area contributed by atoms with Crippen molar-refractivity contribution in [1.82, 2.24) is 0 Å². The van der Waals surface area contributed by atoms with E-state index in [0.717, 1.165) is 0 Å². The Morgan fingerprint density at radius 1 is 0.907 bits per heavy atom. The van der Waals surface area contributed by atoms with Crippen LogP contribution in [0.5, 0.6) is 0 Å². The van der Waals surface area contributed by atoms with Crippen LogP contribution < -0.4 is 0 Å². The van der Waals surface area contributed by atoms with Crippen molar-refractivity contribution in [3.63, 3.8) is 0 Å². The van der Waals surface area contributed by atoms with Crippen molar-refractivity contribution >= 4 is 23.9 Å². The second-order valence-electron chi connectivity index (χ2n) is 13.7. The summed E-state index contributed by atoms with van der Waals surface area (Å²) in [5, 5.41) is 24.2. The molecule has 2 aliphatic heterocycles. The van der Waals surface area contributed by atoms with Crippen LogP contribution in [-0.4, -0.2) is 81.4 Å². The Morgan fingerprint density at radius 3 is 2.02 bits per heavy atom. The monoisotopic (exact) mass is 612 g/mol. The van der Waals surface area contributed by atoms with Gasteiger partial charge in [-0.3, -0.25) is 19.2 Å². The largest absolute Gasteiger partial charge is 0.460 e. The first-order valence-corrected chi connectivity index (χ1v) is 15.8. The van der Waals surface area contributed by atoms with E-state index in [9.17, 15) is 29.4 Å². The van der Waals surface area contributed by atoms with Gasteiger partial charge in [0.2, 0.25) is 0 Å². The van der Waals surface area contributed by atoms with Crippen molar-refractivity contribution in [2.24, 2.45) is 23.7 Å². The minimum atomic E-state index is -1.78. The minimum Gasteiger partial charge on any atom is -0.460 e. The Kier molecular flexibility index (Phi) is 11.0. The van der Waals surface area contributed by atoms with Crippen molar-refractivity contribution in [3.8, 4) is 0 Å². The van der Waals surface area contributed by atoms with Gasteiger partial charge < -0.3 is 33.9 Å². The highest BCUT2D eigenvalue weighted by Crippen LogP contribution is 2.59. The van der Waals surface area contributed by atoms with Crippen LogP contribution >= 0.6 is 0 Å². The maximum Gasteiger partial charge on any atom is 0.306 e. The molecule has 1 aliphatic carbocycles. The van der Waals surface area contributed by atoms with Gasteiger partial charge in [-0.1, -0.05) is 27.7 Å². The average Bonchev–Trinajstić information content (AvgIpc) is 3.24. The Morgan fingerprint density at radius 2 is 1.49 bits per heavy atom. The van der Waals surface area contributed by atoms with Crippen molar-refractivity contribution in [1.29, 1.82) is 0 Å². The van der Waals surface area contributed by atoms with Crippen LogP contribution in [0.3, 0.4) is 0 Å². The SMILES string of the molecule is CCCC(=O)OC1C(OC(C)=O)C(C(C)C)C2C3OC(CC(C)(O)C(OC(C)=O)CCC3(C)OC(=O)CCC)C2C1(C)O. The molecule has 0 spiro atoms. The predicted octanol–water partition coefficient (Wildman–Crippen LogP) is 3.64. The van der Waals surface area contributed by atoms with E-state index in [4.69, 9.17) is 23.7 Å². The molecule has 11 heteroatoms. The second kappa shape index (κ2) is 13.4. The van der Waals surface area contributed by atoms with E-state index in [1.54, 1.807) is 20.8 Å². The summed E-state index contributed by atoms with van der Waals surface area (Å²) in [5.74, 6) is -3.96. The lowest BCUT2D eigenvalue weighted by Gasteiger charge is -2.55. The minimum absolute atomic E-state index is 0.0174. The zero-order chi connectivity index (χ0) is 32.5. The Balaban J connectivity index is 2.25. The van der Waals surface area contributed by atoms with E-state index in [0.29, 0.717) is 12.8 Å². The van der Waals surface area contributed by atoms with Crippen LogP contribution in [0.4, 0.5) is 0 Å². The molecule has 0 radical (unpaired) electrons. The highest BCUT2D eigenvalue weighted by atomic mass is 16.6. The molecule has 3 fully saturated rings. The summed E-state index contributed by atoms with van der Waals surface area (Å²) in [7, 11) is 0. The number of ether oxygens (including phenoxy) is 5. The number of fused-ring (bicyclic) bond motifs is 5. The molecule has 0 amide bonds. The highest BCUT2D eigenvalue weighted by molar-refractivity contribution is 5.70. The quantitative estimate of drug-likeness (QED) is 0.290. The molecular weight excluding hydrogens is 560 g/mol. The highest BCUT2D eigenvalue weighted by Gasteiger charge is 2.70. The van der Waals surface area contributed by atoms with Gasteiger partial charge in [0.25, 0.3) is 0 Å². The Labute approximate surface area is 255 Å². The zero-order valence-corrected chi connectivity index (χ0v) is 27.2. The third-order valence-electron chi connectivity index (χ3n) is 9.57. The fourth-order valence-electron chi connectivity index (χ4n) is 7.84. The smallest absolute Gasteiger partial charge is 0.306 e. The molecule has 1 saturated carbocycles. The van der Waals surface area contributed by atoms with Gasteiger partial charge in [-0.05, 0) is 52.4 Å². The van der Waals surface area contributed by atoms with Gasteiger partial charge in [-0.2, -0.15) is 0 Å². The number of aliphatic hydroxyl groups is 2.